The highest BCUT2D eigenvalue weighted by atomic mass is 32.2. The Morgan fingerprint density at radius 3 is 2.31 bits per heavy atom. The number of carboxylic acids is 1. The summed E-state index contributed by atoms with van der Waals surface area (Å²) in [5.74, 6) is -1.05. The van der Waals surface area contributed by atoms with Gasteiger partial charge in [0.25, 0.3) is 0 Å². The fourth-order valence-electron chi connectivity index (χ4n) is 2.50. The molecule has 1 aromatic rings. The fraction of sp³-hybridized carbons (Fsp3) is 0.556. The number of carbonyl (C=O) groups is 2. The van der Waals surface area contributed by atoms with Crippen LogP contribution in [-0.2, 0) is 26.0 Å². The van der Waals surface area contributed by atoms with E-state index in [0.717, 1.165) is 18.4 Å². The SMILES string of the molecule is CC(C)(CCC(=O)O)NC(=O)CCc1ccc(S(=O)(=O)NC2CC2)cc1. The second kappa shape index (κ2) is 8.18. The van der Waals surface area contributed by atoms with E-state index in [-0.39, 0.29) is 29.7 Å². The zero-order valence-corrected chi connectivity index (χ0v) is 15.9. The van der Waals surface area contributed by atoms with E-state index in [2.05, 4.69) is 10.0 Å². The number of aliphatic carboxylic acids is 1. The van der Waals surface area contributed by atoms with Crippen molar-refractivity contribution in [2.75, 3.05) is 0 Å². The van der Waals surface area contributed by atoms with Crippen LogP contribution in [0.4, 0.5) is 0 Å². The second-order valence-electron chi connectivity index (χ2n) is 7.37. The molecule has 0 aliphatic heterocycles. The largest absolute Gasteiger partial charge is 0.481 e. The maximum atomic E-state index is 12.1. The minimum atomic E-state index is -3.46. The quantitative estimate of drug-likeness (QED) is 0.571. The summed E-state index contributed by atoms with van der Waals surface area (Å²) in [4.78, 5) is 22.9. The molecule has 1 aliphatic rings. The molecule has 144 valence electrons. The van der Waals surface area contributed by atoms with Crippen LogP contribution in [0.3, 0.4) is 0 Å². The predicted octanol–water partition coefficient (Wildman–Crippen LogP) is 1.82. The molecule has 7 nitrogen and oxygen atoms in total. The van der Waals surface area contributed by atoms with Crippen molar-refractivity contribution in [1.82, 2.24) is 10.0 Å². The molecular formula is C18H26N2O5S. The van der Waals surface area contributed by atoms with E-state index < -0.39 is 21.5 Å². The van der Waals surface area contributed by atoms with Gasteiger partial charge in [-0.2, -0.15) is 0 Å². The zero-order valence-electron chi connectivity index (χ0n) is 15.1. The van der Waals surface area contributed by atoms with Gasteiger partial charge in [-0.15, -0.1) is 0 Å². The highest BCUT2D eigenvalue weighted by molar-refractivity contribution is 7.89. The van der Waals surface area contributed by atoms with Crippen molar-refractivity contribution in [3.05, 3.63) is 29.8 Å². The highest BCUT2D eigenvalue weighted by Gasteiger charge is 2.27. The van der Waals surface area contributed by atoms with E-state index in [4.69, 9.17) is 5.11 Å². The van der Waals surface area contributed by atoms with Crippen molar-refractivity contribution in [3.8, 4) is 0 Å². The van der Waals surface area contributed by atoms with Gasteiger partial charge >= 0.3 is 5.97 Å². The van der Waals surface area contributed by atoms with Crippen LogP contribution in [0.15, 0.2) is 29.2 Å². The molecule has 0 unspecified atom stereocenters. The first-order valence-electron chi connectivity index (χ1n) is 8.71. The Bertz CT molecular complexity index is 752. The minimum absolute atomic E-state index is 0.00188. The molecular weight excluding hydrogens is 356 g/mol. The molecule has 0 saturated heterocycles. The lowest BCUT2D eigenvalue weighted by Gasteiger charge is -2.25. The minimum Gasteiger partial charge on any atom is -0.481 e. The van der Waals surface area contributed by atoms with Crippen molar-refractivity contribution in [2.24, 2.45) is 0 Å². The predicted molar refractivity (Wildman–Crippen MR) is 97.2 cm³/mol. The molecule has 0 spiro atoms. The number of carboxylic acid groups (broad SMARTS) is 1. The molecule has 0 atom stereocenters. The third-order valence-corrected chi connectivity index (χ3v) is 5.75. The summed E-state index contributed by atoms with van der Waals surface area (Å²) in [6, 6.07) is 6.59. The van der Waals surface area contributed by atoms with Crippen molar-refractivity contribution >= 4 is 21.9 Å². The summed E-state index contributed by atoms with van der Waals surface area (Å²) in [5, 5.41) is 11.6. The summed E-state index contributed by atoms with van der Waals surface area (Å²) in [6.45, 7) is 3.58. The molecule has 1 aliphatic carbocycles. The molecule has 1 amide bonds. The third kappa shape index (κ3) is 6.76. The summed E-state index contributed by atoms with van der Waals surface area (Å²) in [5.41, 5.74) is 0.288. The molecule has 0 heterocycles. The van der Waals surface area contributed by atoms with Gasteiger partial charge in [0.15, 0.2) is 0 Å². The third-order valence-electron chi connectivity index (χ3n) is 4.22. The Kier molecular flexibility index (Phi) is 6.41. The van der Waals surface area contributed by atoms with Gasteiger partial charge in [-0.3, -0.25) is 9.59 Å². The van der Waals surface area contributed by atoms with Crippen LogP contribution in [0.25, 0.3) is 0 Å². The number of rotatable bonds is 10. The van der Waals surface area contributed by atoms with Gasteiger partial charge in [0.2, 0.25) is 15.9 Å². The van der Waals surface area contributed by atoms with Crippen LogP contribution in [0.5, 0.6) is 0 Å². The van der Waals surface area contributed by atoms with Crippen molar-refractivity contribution in [1.29, 1.82) is 0 Å². The van der Waals surface area contributed by atoms with E-state index in [1.807, 2.05) is 0 Å². The van der Waals surface area contributed by atoms with E-state index in [1.165, 1.54) is 0 Å². The normalized spacial score (nSPS) is 14.8. The van der Waals surface area contributed by atoms with Crippen LogP contribution in [0, 0.1) is 0 Å². The standard InChI is InChI=1S/C18H26N2O5S/c1-18(2,12-11-17(22)23)19-16(21)10-5-13-3-8-15(9-4-13)26(24,25)20-14-6-7-14/h3-4,8-9,14,20H,5-7,10-12H2,1-2H3,(H,19,21)(H,22,23). The highest BCUT2D eigenvalue weighted by Crippen LogP contribution is 2.22. The summed E-state index contributed by atoms with van der Waals surface area (Å²) in [6.07, 6.45) is 2.86. The Morgan fingerprint density at radius 2 is 1.77 bits per heavy atom. The van der Waals surface area contributed by atoms with Gasteiger partial charge in [0, 0.05) is 24.4 Å². The Balaban J connectivity index is 1.83. The number of sulfonamides is 1. The number of carbonyl (C=O) groups excluding carboxylic acids is 1. The number of benzene rings is 1. The van der Waals surface area contributed by atoms with Gasteiger partial charge in [-0.1, -0.05) is 12.1 Å². The van der Waals surface area contributed by atoms with Gasteiger partial charge in [-0.25, -0.2) is 13.1 Å². The van der Waals surface area contributed by atoms with E-state index in [0.29, 0.717) is 12.8 Å². The number of nitrogens with one attached hydrogen (secondary N) is 2. The van der Waals surface area contributed by atoms with Crippen LogP contribution in [-0.4, -0.2) is 37.0 Å². The second-order valence-corrected chi connectivity index (χ2v) is 9.08. The first-order valence-corrected chi connectivity index (χ1v) is 10.2. The lowest BCUT2D eigenvalue weighted by molar-refractivity contribution is -0.137. The molecule has 2 rings (SSSR count). The fourth-order valence-corrected chi connectivity index (χ4v) is 3.81. The molecule has 26 heavy (non-hydrogen) atoms. The monoisotopic (exact) mass is 382 g/mol. The topological polar surface area (TPSA) is 113 Å². The smallest absolute Gasteiger partial charge is 0.303 e. The average Bonchev–Trinajstić information content (AvgIpc) is 3.34. The number of aryl methyl sites for hydroxylation is 1. The number of hydrogen-bond donors (Lipinski definition) is 3. The Hall–Kier alpha value is -1.93. The molecule has 1 aromatic carbocycles. The molecule has 0 aromatic heterocycles. The molecule has 0 bridgehead atoms. The van der Waals surface area contributed by atoms with Crippen LogP contribution in [0.1, 0.15) is 51.5 Å². The van der Waals surface area contributed by atoms with Crippen molar-refractivity contribution in [2.45, 2.75) is 68.8 Å². The Labute approximate surface area is 154 Å². The van der Waals surface area contributed by atoms with Crippen molar-refractivity contribution < 1.29 is 23.1 Å². The van der Waals surface area contributed by atoms with Gasteiger partial charge < -0.3 is 10.4 Å². The maximum Gasteiger partial charge on any atom is 0.303 e. The van der Waals surface area contributed by atoms with E-state index in [1.54, 1.807) is 38.1 Å². The molecule has 8 heteroatoms. The number of hydrogen-bond acceptors (Lipinski definition) is 4. The average molecular weight is 382 g/mol. The summed E-state index contributed by atoms with van der Waals surface area (Å²) in [7, 11) is -3.46. The van der Waals surface area contributed by atoms with E-state index in [9.17, 15) is 18.0 Å². The van der Waals surface area contributed by atoms with Gasteiger partial charge in [0.1, 0.15) is 0 Å². The number of amides is 1. The molecule has 1 fully saturated rings. The Morgan fingerprint density at radius 1 is 1.15 bits per heavy atom. The van der Waals surface area contributed by atoms with Gasteiger partial charge in [0.05, 0.1) is 4.90 Å². The first kappa shape index (κ1) is 20.4. The van der Waals surface area contributed by atoms with Crippen LogP contribution < -0.4 is 10.0 Å². The van der Waals surface area contributed by atoms with Crippen LogP contribution in [0.2, 0.25) is 0 Å². The van der Waals surface area contributed by atoms with E-state index >= 15 is 0 Å². The van der Waals surface area contributed by atoms with Crippen molar-refractivity contribution in [3.63, 3.8) is 0 Å². The molecule has 0 radical (unpaired) electrons. The molecule has 1 saturated carbocycles. The lowest BCUT2D eigenvalue weighted by atomic mass is 9.98. The zero-order chi connectivity index (χ0) is 19.4. The lowest BCUT2D eigenvalue weighted by Crippen LogP contribution is -2.43. The van der Waals surface area contributed by atoms with Gasteiger partial charge in [-0.05, 0) is 57.2 Å². The molecule has 3 N–H and O–H groups in total. The van der Waals surface area contributed by atoms with Crippen LogP contribution >= 0.6 is 0 Å². The first-order chi connectivity index (χ1) is 12.1. The maximum absolute atomic E-state index is 12.1. The summed E-state index contributed by atoms with van der Waals surface area (Å²) >= 11 is 0. The summed E-state index contributed by atoms with van der Waals surface area (Å²) < 4.78 is 26.8.